The van der Waals surface area contributed by atoms with Gasteiger partial charge in [-0.05, 0) is 49.2 Å². The molecule has 0 aliphatic rings. The lowest BCUT2D eigenvalue weighted by atomic mass is 10.0. The highest BCUT2D eigenvalue weighted by molar-refractivity contribution is 7.22. The molecule has 0 bridgehead atoms. The van der Waals surface area contributed by atoms with Crippen molar-refractivity contribution in [1.82, 2.24) is 9.97 Å². The number of carbonyl (C=O) groups is 1. The first-order chi connectivity index (χ1) is 14.0. The summed E-state index contributed by atoms with van der Waals surface area (Å²) in [6.45, 7) is 4.35. The Kier molecular flexibility index (Phi) is 5.27. The summed E-state index contributed by atoms with van der Waals surface area (Å²) in [5.74, 6) is 0.676. The molecule has 0 saturated heterocycles. The third-order valence-corrected chi connectivity index (χ3v) is 5.81. The van der Waals surface area contributed by atoms with E-state index in [4.69, 9.17) is 9.72 Å². The molecule has 0 N–H and O–H groups in total. The van der Waals surface area contributed by atoms with Gasteiger partial charge in [-0.2, -0.15) is 0 Å². The van der Waals surface area contributed by atoms with Gasteiger partial charge in [0.2, 0.25) is 0 Å². The molecule has 6 heteroatoms. The van der Waals surface area contributed by atoms with Crippen molar-refractivity contribution in [2.24, 2.45) is 0 Å². The van der Waals surface area contributed by atoms with E-state index in [0.29, 0.717) is 17.2 Å². The number of ether oxygens (including phenoxy) is 1. The molecule has 0 saturated carbocycles. The van der Waals surface area contributed by atoms with Crippen molar-refractivity contribution < 1.29 is 9.53 Å². The second-order valence-corrected chi connectivity index (χ2v) is 7.91. The molecule has 0 radical (unpaired) electrons. The van der Waals surface area contributed by atoms with Gasteiger partial charge in [0.25, 0.3) is 5.91 Å². The fraction of sp³-hybridized carbons (Fsp3) is 0.174. The molecule has 2 aromatic heterocycles. The van der Waals surface area contributed by atoms with E-state index in [0.717, 1.165) is 32.7 Å². The van der Waals surface area contributed by atoms with Gasteiger partial charge in [0.05, 0.1) is 23.9 Å². The van der Waals surface area contributed by atoms with Crippen LogP contribution in [0.5, 0.6) is 5.75 Å². The molecule has 0 spiro atoms. The van der Waals surface area contributed by atoms with E-state index in [1.54, 1.807) is 24.4 Å². The average Bonchev–Trinajstić information content (AvgIpc) is 3.16. The van der Waals surface area contributed by atoms with Gasteiger partial charge in [0.1, 0.15) is 5.75 Å². The molecule has 2 heterocycles. The summed E-state index contributed by atoms with van der Waals surface area (Å²) in [7, 11) is 1.63. The number of rotatable bonds is 5. The topological polar surface area (TPSA) is 55.3 Å². The highest BCUT2D eigenvalue weighted by Gasteiger charge is 2.23. The highest BCUT2D eigenvalue weighted by Crippen LogP contribution is 2.33. The summed E-state index contributed by atoms with van der Waals surface area (Å²) in [4.78, 5) is 24.2. The predicted octanol–water partition coefficient (Wildman–Crippen LogP) is 5.16. The van der Waals surface area contributed by atoms with Crippen LogP contribution in [-0.4, -0.2) is 23.0 Å². The molecule has 146 valence electrons. The zero-order valence-electron chi connectivity index (χ0n) is 16.5. The maximum absolute atomic E-state index is 13.6. The molecule has 0 aliphatic carbocycles. The molecule has 0 aliphatic heterocycles. The van der Waals surface area contributed by atoms with Gasteiger partial charge in [-0.3, -0.25) is 14.7 Å². The zero-order valence-corrected chi connectivity index (χ0v) is 17.4. The third-order valence-electron chi connectivity index (χ3n) is 4.75. The minimum atomic E-state index is -0.0684. The summed E-state index contributed by atoms with van der Waals surface area (Å²) in [6.07, 6.45) is 3.50. The van der Waals surface area contributed by atoms with Gasteiger partial charge >= 0.3 is 0 Å². The Morgan fingerprint density at radius 1 is 1.14 bits per heavy atom. The van der Waals surface area contributed by atoms with Crippen LogP contribution in [0.25, 0.3) is 10.2 Å². The zero-order chi connectivity index (χ0) is 20.4. The minimum absolute atomic E-state index is 0.0684. The van der Waals surface area contributed by atoms with Crippen LogP contribution in [0.2, 0.25) is 0 Å². The summed E-state index contributed by atoms with van der Waals surface area (Å²) in [5.41, 5.74) is 4.44. The Morgan fingerprint density at radius 3 is 2.76 bits per heavy atom. The Morgan fingerprint density at radius 2 is 2.00 bits per heavy atom. The van der Waals surface area contributed by atoms with Crippen LogP contribution >= 0.6 is 11.3 Å². The van der Waals surface area contributed by atoms with Crippen molar-refractivity contribution in [3.8, 4) is 5.75 Å². The SMILES string of the molecule is COc1ccc2sc(N(Cc3cccnc3)C(=O)c3cc(C)ccc3C)nc2c1. The number of aryl methyl sites for hydroxylation is 2. The molecule has 0 fully saturated rings. The van der Waals surface area contributed by atoms with Crippen LogP contribution in [0, 0.1) is 13.8 Å². The van der Waals surface area contributed by atoms with Gasteiger partial charge in [0.15, 0.2) is 5.13 Å². The number of carbonyl (C=O) groups excluding carboxylic acids is 1. The van der Waals surface area contributed by atoms with E-state index in [-0.39, 0.29) is 5.91 Å². The average molecular weight is 404 g/mol. The summed E-state index contributed by atoms with van der Waals surface area (Å²) in [6, 6.07) is 15.5. The number of pyridine rings is 1. The minimum Gasteiger partial charge on any atom is -0.497 e. The van der Waals surface area contributed by atoms with Crippen LogP contribution in [0.3, 0.4) is 0 Å². The summed E-state index contributed by atoms with van der Waals surface area (Å²) < 4.78 is 6.31. The number of anilines is 1. The van der Waals surface area contributed by atoms with E-state index in [1.807, 2.05) is 62.4 Å². The van der Waals surface area contributed by atoms with Gasteiger partial charge in [-0.25, -0.2) is 4.98 Å². The predicted molar refractivity (Wildman–Crippen MR) is 117 cm³/mol. The highest BCUT2D eigenvalue weighted by atomic mass is 32.1. The van der Waals surface area contributed by atoms with E-state index >= 15 is 0 Å². The molecular formula is C23H21N3O2S. The number of methoxy groups -OCH3 is 1. The molecule has 2 aromatic carbocycles. The smallest absolute Gasteiger partial charge is 0.260 e. The first-order valence-electron chi connectivity index (χ1n) is 9.28. The quantitative estimate of drug-likeness (QED) is 0.462. The number of hydrogen-bond acceptors (Lipinski definition) is 5. The maximum atomic E-state index is 13.6. The lowest BCUT2D eigenvalue weighted by molar-refractivity contribution is 0.0984. The Labute approximate surface area is 173 Å². The van der Waals surface area contributed by atoms with Crippen molar-refractivity contribution in [2.75, 3.05) is 12.0 Å². The van der Waals surface area contributed by atoms with E-state index in [9.17, 15) is 4.79 Å². The largest absolute Gasteiger partial charge is 0.497 e. The number of amides is 1. The van der Waals surface area contributed by atoms with E-state index in [2.05, 4.69) is 4.98 Å². The molecule has 0 unspecified atom stereocenters. The van der Waals surface area contributed by atoms with Gasteiger partial charge < -0.3 is 4.74 Å². The molecule has 5 nitrogen and oxygen atoms in total. The van der Waals surface area contributed by atoms with E-state index in [1.165, 1.54) is 11.3 Å². The van der Waals surface area contributed by atoms with Crippen molar-refractivity contribution in [3.63, 3.8) is 0 Å². The molecule has 1 amide bonds. The van der Waals surface area contributed by atoms with Gasteiger partial charge in [-0.1, -0.05) is 35.1 Å². The lowest BCUT2D eigenvalue weighted by Crippen LogP contribution is -2.31. The maximum Gasteiger partial charge on any atom is 0.260 e. The summed E-state index contributed by atoms with van der Waals surface area (Å²) in [5, 5.41) is 0.656. The summed E-state index contributed by atoms with van der Waals surface area (Å²) >= 11 is 1.49. The standard InChI is InChI=1S/C23H21N3O2S/c1-15-6-7-16(2)19(11-15)22(27)26(14-17-5-4-10-24-13-17)23-25-20-12-18(28-3)8-9-21(20)29-23/h4-13H,14H2,1-3H3. The van der Waals surface area contributed by atoms with Crippen LogP contribution < -0.4 is 9.64 Å². The van der Waals surface area contributed by atoms with Crippen molar-refractivity contribution in [3.05, 3.63) is 83.2 Å². The lowest BCUT2D eigenvalue weighted by Gasteiger charge is -2.21. The monoisotopic (exact) mass is 403 g/mol. The van der Waals surface area contributed by atoms with Crippen LogP contribution in [0.4, 0.5) is 5.13 Å². The first kappa shape index (κ1) is 19.1. The first-order valence-corrected chi connectivity index (χ1v) is 10.1. The second kappa shape index (κ2) is 8.01. The third kappa shape index (κ3) is 3.98. The molecule has 29 heavy (non-hydrogen) atoms. The van der Waals surface area contributed by atoms with Crippen molar-refractivity contribution >= 4 is 32.6 Å². The molecular weight excluding hydrogens is 382 g/mol. The van der Waals surface area contributed by atoms with Crippen molar-refractivity contribution in [1.29, 1.82) is 0 Å². The van der Waals surface area contributed by atoms with Gasteiger partial charge in [0, 0.05) is 24.0 Å². The number of fused-ring (bicyclic) bond motifs is 1. The fourth-order valence-electron chi connectivity index (χ4n) is 3.15. The molecule has 4 rings (SSSR count). The normalized spacial score (nSPS) is 10.9. The number of aromatic nitrogens is 2. The Bertz CT molecular complexity index is 1170. The van der Waals surface area contributed by atoms with E-state index < -0.39 is 0 Å². The fourth-order valence-corrected chi connectivity index (χ4v) is 4.09. The Balaban J connectivity index is 1.79. The molecule has 0 atom stereocenters. The van der Waals surface area contributed by atoms with Crippen LogP contribution in [0.1, 0.15) is 27.0 Å². The number of hydrogen-bond donors (Lipinski definition) is 0. The van der Waals surface area contributed by atoms with Crippen LogP contribution in [-0.2, 0) is 6.54 Å². The van der Waals surface area contributed by atoms with Gasteiger partial charge in [-0.15, -0.1) is 0 Å². The van der Waals surface area contributed by atoms with Crippen molar-refractivity contribution in [2.45, 2.75) is 20.4 Å². The number of thiazole rings is 1. The second-order valence-electron chi connectivity index (χ2n) is 6.90. The molecule has 4 aromatic rings. The Hall–Kier alpha value is -3.25. The number of benzene rings is 2. The number of nitrogens with zero attached hydrogens (tertiary/aromatic N) is 3. The van der Waals surface area contributed by atoms with Crippen LogP contribution in [0.15, 0.2) is 60.9 Å².